The summed E-state index contributed by atoms with van der Waals surface area (Å²) < 4.78 is 36.9. The Kier molecular flexibility index (Phi) is 3.44. The first-order valence-corrected chi connectivity index (χ1v) is 5.60. The van der Waals surface area contributed by atoms with Crippen LogP contribution < -0.4 is 4.74 Å². The molecular formula is C13H11F2NO4. The Hall–Kier alpha value is -2.44. The molecule has 106 valence electrons. The van der Waals surface area contributed by atoms with Crippen molar-refractivity contribution in [1.82, 2.24) is 5.16 Å². The van der Waals surface area contributed by atoms with Crippen LogP contribution in [0, 0.1) is 0 Å². The van der Waals surface area contributed by atoms with E-state index in [-0.39, 0.29) is 22.6 Å². The van der Waals surface area contributed by atoms with Crippen LogP contribution in [0.3, 0.4) is 0 Å². The fourth-order valence-electron chi connectivity index (χ4n) is 1.83. The summed E-state index contributed by atoms with van der Waals surface area (Å²) in [6, 6.07) is 5.22. The third-order valence-electron chi connectivity index (χ3n) is 2.70. The van der Waals surface area contributed by atoms with Crippen LogP contribution in [0.1, 0.15) is 23.0 Å². The number of rotatable bonds is 4. The topological polar surface area (TPSA) is 72.6 Å². The van der Waals surface area contributed by atoms with Crippen molar-refractivity contribution in [1.29, 1.82) is 0 Å². The molecule has 2 aromatic rings. The molecule has 0 aliphatic heterocycles. The molecule has 0 unspecified atom stereocenters. The summed E-state index contributed by atoms with van der Waals surface area (Å²) in [6.07, 6.45) is 0. The van der Waals surface area contributed by atoms with Crippen molar-refractivity contribution in [3.63, 3.8) is 0 Å². The summed E-state index contributed by atoms with van der Waals surface area (Å²) in [6.45, 7) is 0.740. The Balaban J connectivity index is 2.66. The number of carbonyl (C=O) groups is 1. The largest absolute Gasteiger partial charge is 0.496 e. The van der Waals surface area contributed by atoms with Gasteiger partial charge >= 0.3 is 5.97 Å². The first kappa shape index (κ1) is 14.0. The lowest BCUT2D eigenvalue weighted by Crippen LogP contribution is -2.10. The van der Waals surface area contributed by atoms with Gasteiger partial charge in [-0.2, -0.15) is 0 Å². The third kappa shape index (κ3) is 2.47. The van der Waals surface area contributed by atoms with Gasteiger partial charge < -0.3 is 14.4 Å². The Morgan fingerprint density at radius 1 is 1.45 bits per heavy atom. The number of hydrogen-bond donors (Lipinski definition) is 1. The second kappa shape index (κ2) is 4.92. The van der Waals surface area contributed by atoms with Crippen LogP contribution in [0.25, 0.3) is 11.3 Å². The quantitative estimate of drug-likeness (QED) is 0.933. The highest BCUT2D eigenvalue weighted by Crippen LogP contribution is 2.40. The van der Waals surface area contributed by atoms with Crippen molar-refractivity contribution in [2.24, 2.45) is 0 Å². The molecule has 1 heterocycles. The highest BCUT2D eigenvalue weighted by molar-refractivity contribution is 5.86. The molecule has 0 aliphatic carbocycles. The zero-order chi connectivity index (χ0) is 14.9. The number of halogens is 2. The van der Waals surface area contributed by atoms with E-state index in [0.717, 1.165) is 13.0 Å². The van der Waals surface area contributed by atoms with E-state index in [1.807, 2.05) is 0 Å². The number of nitrogens with zero attached hydrogens (tertiary/aromatic N) is 1. The normalized spacial score (nSPS) is 11.4. The Labute approximate surface area is 112 Å². The number of ether oxygens (including phenoxy) is 1. The number of benzene rings is 1. The minimum absolute atomic E-state index is 0.0127. The molecule has 0 bridgehead atoms. The average Bonchev–Trinajstić information content (AvgIpc) is 2.86. The van der Waals surface area contributed by atoms with E-state index >= 15 is 0 Å². The maximum Gasteiger partial charge on any atom is 0.374 e. The van der Waals surface area contributed by atoms with E-state index in [0.29, 0.717) is 0 Å². The number of methoxy groups -OCH3 is 1. The van der Waals surface area contributed by atoms with Crippen LogP contribution in [-0.2, 0) is 5.92 Å². The van der Waals surface area contributed by atoms with Gasteiger partial charge in [0, 0.05) is 18.6 Å². The second-order valence-electron chi connectivity index (χ2n) is 4.15. The summed E-state index contributed by atoms with van der Waals surface area (Å²) in [7, 11) is 1.33. The highest BCUT2D eigenvalue weighted by Gasteiger charge is 2.31. The predicted molar refractivity (Wildman–Crippen MR) is 65.0 cm³/mol. The van der Waals surface area contributed by atoms with E-state index < -0.39 is 17.7 Å². The zero-order valence-corrected chi connectivity index (χ0v) is 10.7. The fraction of sp³-hybridized carbons (Fsp3) is 0.231. The lowest BCUT2D eigenvalue weighted by Gasteiger charge is -2.16. The minimum Gasteiger partial charge on any atom is -0.496 e. The van der Waals surface area contributed by atoms with Gasteiger partial charge in [-0.3, -0.25) is 0 Å². The van der Waals surface area contributed by atoms with Gasteiger partial charge in [0.05, 0.1) is 12.7 Å². The number of alkyl halides is 2. The van der Waals surface area contributed by atoms with Gasteiger partial charge in [0.15, 0.2) is 0 Å². The van der Waals surface area contributed by atoms with E-state index in [1.54, 1.807) is 0 Å². The van der Waals surface area contributed by atoms with Crippen LogP contribution in [0.2, 0.25) is 0 Å². The number of aromatic carboxylic acids is 1. The summed E-state index contributed by atoms with van der Waals surface area (Å²) >= 11 is 0. The van der Waals surface area contributed by atoms with E-state index in [1.165, 1.54) is 25.3 Å². The molecule has 0 fully saturated rings. The van der Waals surface area contributed by atoms with Gasteiger partial charge in [0.2, 0.25) is 5.76 Å². The molecule has 7 heteroatoms. The molecule has 1 aromatic carbocycles. The molecule has 20 heavy (non-hydrogen) atoms. The molecule has 0 aliphatic rings. The Morgan fingerprint density at radius 2 is 2.15 bits per heavy atom. The zero-order valence-electron chi connectivity index (χ0n) is 10.7. The summed E-state index contributed by atoms with van der Waals surface area (Å²) in [4.78, 5) is 10.8. The lowest BCUT2D eigenvalue weighted by atomic mass is 9.98. The van der Waals surface area contributed by atoms with Gasteiger partial charge in [0.1, 0.15) is 11.4 Å². The molecule has 0 amide bonds. The first-order valence-electron chi connectivity index (χ1n) is 5.60. The summed E-state index contributed by atoms with van der Waals surface area (Å²) in [5.41, 5.74) is -0.322. The van der Waals surface area contributed by atoms with Gasteiger partial charge in [0.25, 0.3) is 5.92 Å². The smallest absolute Gasteiger partial charge is 0.374 e. The Bertz CT molecular complexity index is 646. The van der Waals surface area contributed by atoms with E-state index in [9.17, 15) is 13.6 Å². The van der Waals surface area contributed by atoms with Gasteiger partial charge in [-0.05, 0) is 6.07 Å². The molecule has 0 radical (unpaired) electrons. The maximum atomic E-state index is 13.7. The van der Waals surface area contributed by atoms with Crippen LogP contribution in [0.15, 0.2) is 28.8 Å². The molecule has 1 aromatic heterocycles. The lowest BCUT2D eigenvalue weighted by molar-refractivity contribution is 0.0178. The van der Waals surface area contributed by atoms with Crippen molar-refractivity contribution in [2.45, 2.75) is 12.8 Å². The molecule has 0 saturated carbocycles. The van der Waals surface area contributed by atoms with Crippen LogP contribution in [0.4, 0.5) is 8.78 Å². The van der Waals surface area contributed by atoms with E-state index in [4.69, 9.17) is 9.84 Å². The number of carboxylic acids is 1. The third-order valence-corrected chi connectivity index (χ3v) is 2.70. The SMILES string of the molecule is COc1cccc(C(C)(F)F)c1-c1cc(C(=O)O)on1. The molecule has 0 atom stereocenters. The molecule has 0 saturated heterocycles. The Morgan fingerprint density at radius 3 is 2.65 bits per heavy atom. The maximum absolute atomic E-state index is 13.7. The van der Waals surface area contributed by atoms with Gasteiger partial charge in [-0.1, -0.05) is 17.3 Å². The predicted octanol–water partition coefficient (Wildman–Crippen LogP) is 3.16. The molecule has 2 rings (SSSR count). The summed E-state index contributed by atoms with van der Waals surface area (Å²) in [5, 5.41) is 12.3. The monoisotopic (exact) mass is 283 g/mol. The van der Waals surface area contributed by atoms with Crippen molar-refractivity contribution >= 4 is 5.97 Å². The molecule has 0 spiro atoms. The van der Waals surface area contributed by atoms with E-state index in [2.05, 4.69) is 9.68 Å². The van der Waals surface area contributed by atoms with Crippen molar-refractivity contribution < 1.29 is 27.9 Å². The van der Waals surface area contributed by atoms with Crippen molar-refractivity contribution in [3.8, 4) is 17.0 Å². The average molecular weight is 283 g/mol. The number of hydrogen-bond acceptors (Lipinski definition) is 4. The minimum atomic E-state index is -3.13. The molecule has 1 N–H and O–H groups in total. The highest BCUT2D eigenvalue weighted by atomic mass is 19.3. The van der Waals surface area contributed by atoms with Gasteiger partial charge in [-0.15, -0.1) is 0 Å². The van der Waals surface area contributed by atoms with Crippen LogP contribution >= 0.6 is 0 Å². The van der Waals surface area contributed by atoms with Crippen molar-refractivity contribution in [3.05, 3.63) is 35.6 Å². The van der Waals surface area contributed by atoms with Gasteiger partial charge in [-0.25, -0.2) is 13.6 Å². The second-order valence-corrected chi connectivity index (χ2v) is 4.15. The standard InChI is InChI=1S/C13H11F2NO4/c1-13(14,15)7-4-3-5-9(19-2)11(7)8-6-10(12(17)18)20-16-8/h3-6H,1-2H3,(H,17,18). The first-order chi connectivity index (χ1) is 9.34. The van der Waals surface area contributed by atoms with Crippen molar-refractivity contribution in [2.75, 3.05) is 7.11 Å². The van der Waals surface area contributed by atoms with Crippen LogP contribution in [-0.4, -0.2) is 23.3 Å². The number of aromatic nitrogens is 1. The fourth-order valence-corrected chi connectivity index (χ4v) is 1.83. The molecule has 5 nitrogen and oxygen atoms in total. The summed E-state index contributed by atoms with van der Waals surface area (Å²) in [5.74, 6) is -4.74. The molecular weight excluding hydrogens is 272 g/mol. The van der Waals surface area contributed by atoms with Crippen LogP contribution in [0.5, 0.6) is 5.75 Å². The number of carboxylic acid groups (broad SMARTS) is 1.